The summed E-state index contributed by atoms with van der Waals surface area (Å²) < 4.78 is 11.1. The summed E-state index contributed by atoms with van der Waals surface area (Å²) in [7, 11) is 3.77. The quantitative estimate of drug-likeness (QED) is 0.472. The number of hydrogen-bond donors (Lipinski definition) is 0. The third-order valence-corrected chi connectivity index (χ3v) is 6.02. The summed E-state index contributed by atoms with van der Waals surface area (Å²) in [4.78, 5) is 2.34. The lowest BCUT2D eigenvalue weighted by molar-refractivity contribution is 0.114. The number of nitrogens with zero attached hydrogens (tertiary/aromatic N) is 1. The third-order valence-electron chi connectivity index (χ3n) is 5.42. The molecule has 3 nitrogen and oxygen atoms in total. The second kappa shape index (κ2) is 11.8. The molecule has 1 fully saturated rings. The summed E-state index contributed by atoms with van der Waals surface area (Å²) in [5.74, 6) is 2.57. The van der Waals surface area contributed by atoms with Gasteiger partial charge in [0.15, 0.2) is 0 Å². The van der Waals surface area contributed by atoms with Gasteiger partial charge in [0.25, 0.3) is 0 Å². The zero-order valence-corrected chi connectivity index (χ0v) is 20.6. The van der Waals surface area contributed by atoms with Gasteiger partial charge in [-0.15, -0.1) is 0 Å². The Kier molecular flexibility index (Phi) is 9.80. The van der Waals surface area contributed by atoms with Gasteiger partial charge in [-0.2, -0.15) is 0 Å². The first-order valence-electron chi connectivity index (χ1n) is 10.7. The van der Waals surface area contributed by atoms with Gasteiger partial charge in [-0.1, -0.05) is 63.0 Å². The molecule has 1 aliphatic rings. The van der Waals surface area contributed by atoms with Gasteiger partial charge < -0.3 is 14.4 Å². The van der Waals surface area contributed by atoms with Crippen molar-refractivity contribution in [2.75, 3.05) is 27.2 Å². The van der Waals surface area contributed by atoms with Gasteiger partial charge in [0.1, 0.15) is 17.6 Å². The monoisotopic (exact) mass is 451 g/mol. The van der Waals surface area contributed by atoms with Gasteiger partial charge in [0, 0.05) is 13.1 Å². The lowest BCUT2D eigenvalue weighted by Crippen LogP contribution is -2.35. The second-order valence-corrected chi connectivity index (χ2v) is 9.33. The first-order valence-corrected chi connectivity index (χ1v) is 11.4. The van der Waals surface area contributed by atoms with Crippen LogP contribution < -0.4 is 9.47 Å². The largest absolute Gasteiger partial charge is 0.495 e. The number of benzene rings is 2. The fourth-order valence-electron chi connectivity index (χ4n) is 3.30. The van der Waals surface area contributed by atoms with E-state index in [2.05, 4.69) is 45.7 Å². The predicted molar refractivity (Wildman–Crippen MR) is 129 cm³/mol. The lowest BCUT2D eigenvalue weighted by Gasteiger charge is -2.29. The fraction of sp³-hybridized carbons (Fsp3) is 0.520. The summed E-state index contributed by atoms with van der Waals surface area (Å²) in [6.07, 6.45) is 2.47. The minimum absolute atomic E-state index is 0.309. The first-order chi connectivity index (χ1) is 14.2. The van der Waals surface area contributed by atoms with Crippen LogP contribution in [0, 0.1) is 0 Å². The van der Waals surface area contributed by atoms with Crippen molar-refractivity contribution in [3.05, 3.63) is 57.6 Å². The van der Waals surface area contributed by atoms with Crippen LogP contribution in [0.15, 0.2) is 36.4 Å². The maximum absolute atomic E-state index is 6.29. The Bertz CT molecular complexity index is 800. The minimum Gasteiger partial charge on any atom is -0.495 e. The van der Waals surface area contributed by atoms with E-state index in [-0.39, 0.29) is 0 Å². The van der Waals surface area contributed by atoms with Gasteiger partial charge >= 0.3 is 0 Å². The van der Waals surface area contributed by atoms with Crippen molar-refractivity contribution in [3.8, 4) is 11.5 Å². The average Bonchev–Trinajstić information content (AvgIpc) is 2.71. The number of ether oxygens (including phenoxy) is 2. The van der Waals surface area contributed by atoms with Crippen molar-refractivity contribution in [2.45, 2.75) is 58.5 Å². The number of rotatable bonds is 5. The molecule has 30 heavy (non-hydrogen) atoms. The summed E-state index contributed by atoms with van der Waals surface area (Å²) in [6.45, 7) is 10.8. The minimum atomic E-state index is 0.309. The molecule has 0 unspecified atom stereocenters. The fourth-order valence-corrected chi connectivity index (χ4v) is 3.80. The van der Waals surface area contributed by atoms with E-state index in [4.69, 9.17) is 32.7 Å². The summed E-state index contributed by atoms with van der Waals surface area (Å²) in [6, 6.07) is 12.0. The van der Waals surface area contributed by atoms with Gasteiger partial charge in [0.05, 0.1) is 17.2 Å². The maximum atomic E-state index is 6.29. The summed E-state index contributed by atoms with van der Waals surface area (Å²) >= 11 is 12.2. The Morgan fingerprint density at radius 1 is 0.833 bits per heavy atom. The standard InChI is InChI=1S/C15H22ClNO.C10H13ClO/c1-11(2)12-4-5-15(14(16)10-12)18-13-6-8-17(3)9-7-13;1-7(2)8-4-5-10(12-3)9(11)6-8/h4-5,10-11,13H,6-9H2,1-3H3;4-7H,1-3H3. The highest BCUT2D eigenvalue weighted by molar-refractivity contribution is 6.32. The highest BCUT2D eigenvalue weighted by Gasteiger charge is 2.19. The predicted octanol–water partition coefficient (Wildman–Crippen LogP) is 7.41. The van der Waals surface area contributed by atoms with Crippen molar-refractivity contribution in [1.82, 2.24) is 4.90 Å². The molecule has 166 valence electrons. The van der Waals surface area contributed by atoms with Crippen LogP contribution in [0.3, 0.4) is 0 Å². The molecule has 0 bridgehead atoms. The smallest absolute Gasteiger partial charge is 0.138 e. The van der Waals surface area contributed by atoms with E-state index < -0.39 is 0 Å². The molecule has 0 aromatic heterocycles. The zero-order chi connectivity index (χ0) is 22.3. The molecule has 2 aromatic carbocycles. The third kappa shape index (κ3) is 7.37. The van der Waals surface area contributed by atoms with Crippen molar-refractivity contribution < 1.29 is 9.47 Å². The van der Waals surface area contributed by atoms with Crippen LogP contribution in [0.1, 0.15) is 63.5 Å². The van der Waals surface area contributed by atoms with Crippen LogP contribution in [0.2, 0.25) is 10.0 Å². The Morgan fingerprint density at radius 2 is 1.30 bits per heavy atom. The molecule has 0 atom stereocenters. The highest BCUT2D eigenvalue weighted by atomic mass is 35.5. The van der Waals surface area contributed by atoms with Crippen molar-refractivity contribution in [2.24, 2.45) is 0 Å². The SMILES string of the molecule is CC(C)c1ccc(OC2CCN(C)CC2)c(Cl)c1.COc1ccc(C(C)C)cc1Cl. The summed E-state index contributed by atoms with van der Waals surface area (Å²) in [5.41, 5.74) is 2.50. The van der Waals surface area contributed by atoms with Crippen molar-refractivity contribution >= 4 is 23.2 Å². The van der Waals surface area contributed by atoms with Gasteiger partial charge in [0.2, 0.25) is 0 Å². The Hall–Kier alpha value is -1.42. The molecule has 1 aliphatic heterocycles. The lowest BCUT2D eigenvalue weighted by atomic mass is 10.0. The van der Waals surface area contributed by atoms with Crippen LogP contribution in [0.25, 0.3) is 0 Å². The molecule has 0 amide bonds. The highest BCUT2D eigenvalue weighted by Crippen LogP contribution is 2.30. The molecular formula is C25H35Cl2NO2. The van der Waals surface area contributed by atoms with Crippen molar-refractivity contribution in [3.63, 3.8) is 0 Å². The van der Waals surface area contributed by atoms with Crippen LogP contribution in [-0.2, 0) is 0 Å². The van der Waals surface area contributed by atoms with Crippen LogP contribution in [0.5, 0.6) is 11.5 Å². The van der Waals surface area contributed by atoms with Crippen LogP contribution in [-0.4, -0.2) is 38.3 Å². The van der Waals surface area contributed by atoms with Gasteiger partial charge in [-0.25, -0.2) is 0 Å². The molecule has 0 N–H and O–H groups in total. The maximum Gasteiger partial charge on any atom is 0.138 e. The first kappa shape index (κ1) is 24.8. The van der Waals surface area contributed by atoms with E-state index in [0.29, 0.717) is 23.0 Å². The van der Waals surface area contributed by atoms with E-state index >= 15 is 0 Å². The molecule has 5 heteroatoms. The number of methoxy groups -OCH3 is 1. The molecule has 1 saturated heterocycles. The Labute approximate surface area is 192 Å². The molecule has 0 aliphatic carbocycles. The van der Waals surface area contributed by atoms with E-state index in [1.807, 2.05) is 30.3 Å². The zero-order valence-electron chi connectivity index (χ0n) is 19.0. The molecule has 2 aromatic rings. The Morgan fingerprint density at radius 3 is 1.70 bits per heavy atom. The van der Waals surface area contributed by atoms with Crippen LogP contribution >= 0.6 is 23.2 Å². The Balaban J connectivity index is 0.000000232. The normalized spacial score (nSPS) is 15.1. The topological polar surface area (TPSA) is 21.7 Å². The molecule has 1 heterocycles. The molecule has 0 spiro atoms. The van der Waals surface area contributed by atoms with E-state index in [9.17, 15) is 0 Å². The molecule has 0 radical (unpaired) electrons. The van der Waals surface area contributed by atoms with Gasteiger partial charge in [-0.05, 0) is 67.1 Å². The van der Waals surface area contributed by atoms with Crippen molar-refractivity contribution in [1.29, 1.82) is 0 Å². The number of halogens is 2. The van der Waals surface area contributed by atoms with E-state index in [1.165, 1.54) is 11.1 Å². The second-order valence-electron chi connectivity index (χ2n) is 8.51. The molecular weight excluding hydrogens is 417 g/mol. The summed E-state index contributed by atoms with van der Waals surface area (Å²) in [5, 5.41) is 1.42. The van der Waals surface area contributed by atoms with Crippen LogP contribution in [0.4, 0.5) is 0 Å². The number of hydrogen-bond acceptors (Lipinski definition) is 3. The average molecular weight is 452 g/mol. The van der Waals surface area contributed by atoms with Gasteiger partial charge in [-0.3, -0.25) is 0 Å². The number of likely N-dealkylation sites (tertiary alicyclic amines) is 1. The number of piperidine rings is 1. The molecule has 3 rings (SSSR count). The van der Waals surface area contributed by atoms with E-state index in [0.717, 1.165) is 42.5 Å². The molecule has 0 saturated carbocycles. The van der Waals surface area contributed by atoms with E-state index in [1.54, 1.807) is 7.11 Å².